The number of unbranched alkanes of at least 4 members (excludes halogenated alkanes) is 23. The molecule has 0 unspecified atom stereocenters. The minimum Gasteiger partial charge on any atom is -1.00 e. The lowest BCUT2D eigenvalue weighted by Crippen LogP contribution is -3.00. The molecule has 0 fully saturated rings. The van der Waals surface area contributed by atoms with Crippen molar-refractivity contribution in [2.45, 2.75) is 214 Å². The molecule has 0 aliphatic carbocycles. The largest absolute Gasteiger partial charge is 1.00 e. The Morgan fingerprint density at radius 2 is 0.571 bits per heavy atom. The summed E-state index contributed by atoms with van der Waals surface area (Å²) in [5, 5.41) is 0. The van der Waals surface area contributed by atoms with Crippen LogP contribution in [-0.4, -0.2) is 88.0 Å². The van der Waals surface area contributed by atoms with Gasteiger partial charge in [0.2, 0.25) is 0 Å². The average molecular weight is 983 g/mol. The van der Waals surface area contributed by atoms with E-state index in [-0.39, 0.29) is 50.9 Å². The minimum atomic E-state index is 0. The molecular formula is C50H100Br3N3. The van der Waals surface area contributed by atoms with Crippen molar-refractivity contribution in [2.24, 2.45) is 0 Å². The molecule has 0 amide bonds. The summed E-state index contributed by atoms with van der Waals surface area (Å²) < 4.78 is 3.56. The molecule has 336 valence electrons. The van der Waals surface area contributed by atoms with Gasteiger partial charge in [-0.25, -0.2) is 0 Å². The zero-order chi connectivity index (χ0) is 38.9. The molecule has 0 aliphatic heterocycles. The lowest BCUT2D eigenvalue weighted by Gasteiger charge is -2.38. The summed E-state index contributed by atoms with van der Waals surface area (Å²) in [6.07, 6.45) is 40.8. The predicted octanol–water partition coefficient (Wildman–Crippen LogP) is 5.32. The first-order chi connectivity index (χ1) is 25.5. The summed E-state index contributed by atoms with van der Waals surface area (Å²) in [7, 11) is 12.6. The molecule has 1 aromatic rings. The van der Waals surface area contributed by atoms with Gasteiger partial charge >= 0.3 is 0 Å². The van der Waals surface area contributed by atoms with Crippen molar-refractivity contribution in [3.05, 3.63) is 35.4 Å². The molecule has 0 atom stereocenters. The quantitative estimate of drug-likeness (QED) is 0.0620. The molecule has 0 aliphatic rings. The summed E-state index contributed by atoms with van der Waals surface area (Å²) in [5.41, 5.74) is 3.08. The van der Waals surface area contributed by atoms with E-state index < -0.39 is 0 Å². The topological polar surface area (TPSA) is 0 Å². The Morgan fingerprint density at radius 1 is 0.304 bits per heavy atom. The zero-order valence-corrected chi connectivity index (χ0v) is 44.0. The number of aryl methyl sites for hydroxylation is 1. The van der Waals surface area contributed by atoms with E-state index in [0.717, 1.165) is 0 Å². The smallest absolute Gasteiger partial charge is 0.104 e. The van der Waals surface area contributed by atoms with E-state index in [1.54, 1.807) is 0 Å². The maximum atomic E-state index is 2.58. The summed E-state index contributed by atoms with van der Waals surface area (Å²) in [6.45, 7) is 16.0. The van der Waals surface area contributed by atoms with E-state index in [9.17, 15) is 0 Å². The molecule has 56 heavy (non-hydrogen) atoms. The van der Waals surface area contributed by atoms with Crippen LogP contribution in [0.2, 0.25) is 0 Å². The summed E-state index contributed by atoms with van der Waals surface area (Å²) >= 11 is 0. The van der Waals surface area contributed by atoms with Gasteiger partial charge in [0.25, 0.3) is 0 Å². The number of halogens is 3. The lowest BCUT2D eigenvalue weighted by atomic mass is 10.0. The standard InChI is InChI=1S/C50H100N3.3BrH/c1-9-12-15-18-21-23-25-27-30-33-42-51(4,5)44-35-46-53(8,48-50-40-38-49(39-41-50)37-32-29-20-17-14-11-3)47-36-45-52(6,7)43-34-31-28-26-24-22-19-16-13-10-2;;;/h38-41H,9-37,42-48H2,1-8H3;3*1H/q+3;;;/p-3. The van der Waals surface area contributed by atoms with Crippen molar-refractivity contribution >= 4 is 0 Å². The Hall–Kier alpha value is 0.540. The predicted molar refractivity (Wildman–Crippen MR) is 240 cm³/mol. The SMILES string of the molecule is CCCCCCCCCCCC[N+](C)(C)CCC[N+](C)(CCC[N+](C)(C)CCCCCCCCCCCC)Cc1ccc(CCCCCCCC)cc1.[Br-].[Br-].[Br-]. The summed E-state index contributed by atoms with van der Waals surface area (Å²) in [4.78, 5) is 0. The zero-order valence-electron chi connectivity index (χ0n) is 39.2. The van der Waals surface area contributed by atoms with Crippen LogP contribution in [0.15, 0.2) is 24.3 Å². The summed E-state index contributed by atoms with van der Waals surface area (Å²) in [5.74, 6) is 0. The van der Waals surface area contributed by atoms with Gasteiger partial charge in [-0.1, -0.05) is 180 Å². The molecule has 1 rings (SSSR count). The van der Waals surface area contributed by atoms with Crippen LogP contribution in [0, 0.1) is 0 Å². The third-order valence-electron chi connectivity index (χ3n) is 12.6. The number of hydrogen-bond acceptors (Lipinski definition) is 0. The number of quaternary nitrogens is 3. The first kappa shape index (κ1) is 60.8. The molecule has 0 saturated carbocycles. The number of hydrogen-bond donors (Lipinski definition) is 0. The molecule has 0 heterocycles. The van der Waals surface area contributed by atoms with Crippen molar-refractivity contribution in [1.29, 1.82) is 0 Å². The molecule has 0 aromatic heterocycles. The molecule has 0 N–H and O–H groups in total. The van der Waals surface area contributed by atoms with Gasteiger partial charge in [-0.3, -0.25) is 0 Å². The molecule has 1 aromatic carbocycles. The molecule has 0 spiro atoms. The van der Waals surface area contributed by atoms with Crippen LogP contribution < -0.4 is 50.9 Å². The third-order valence-corrected chi connectivity index (χ3v) is 12.6. The van der Waals surface area contributed by atoms with Gasteiger partial charge in [-0.2, -0.15) is 0 Å². The Morgan fingerprint density at radius 3 is 0.911 bits per heavy atom. The van der Waals surface area contributed by atoms with E-state index in [0.29, 0.717) is 0 Å². The van der Waals surface area contributed by atoms with Crippen molar-refractivity contribution in [3.8, 4) is 0 Å². The molecule has 6 heteroatoms. The monoisotopic (exact) mass is 980 g/mol. The van der Waals surface area contributed by atoms with Crippen molar-refractivity contribution in [3.63, 3.8) is 0 Å². The second-order valence-corrected chi connectivity index (χ2v) is 19.4. The van der Waals surface area contributed by atoms with Gasteiger partial charge in [-0.15, -0.1) is 0 Å². The van der Waals surface area contributed by atoms with Crippen LogP contribution in [0.1, 0.15) is 212 Å². The first-order valence-electron chi connectivity index (χ1n) is 24.1. The van der Waals surface area contributed by atoms with Gasteiger partial charge in [0.1, 0.15) is 6.54 Å². The maximum absolute atomic E-state index is 2.58. The fourth-order valence-corrected chi connectivity index (χ4v) is 8.67. The van der Waals surface area contributed by atoms with E-state index >= 15 is 0 Å². The second kappa shape index (κ2) is 39.7. The molecule has 3 nitrogen and oxygen atoms in total. The molecule has 0 bridgehead atoms. The van der Waals surface area contributed by atoms with Gasteiger partial charge in [0, 0.05) is 18.4 Å². The van der Waals surface area contributed by atoms with Crippen molar-refractivity contribution in [2.75, 3.05) is 74.5 Å². The highest BCUT2D eigenvalue weighted by atomic mass is 79.9. The lowest BCUT2D eigenvalue weighted by molar-refractivity contribution is -0.937. The van der Waals surface area contributed by atoms with Crippen LogP contribution in [0.3, 0.4) is 0 Å². The molecule has 0 radical (unpaired) electrons. The van der Waals surface area contributed by atoms with Crippen LogP contribution >= 0.6 is 0 Å². The fourth-order valence-electron chi connectivity index (χ4n) is 8.67. The maximum Gasteiger partial charge on any atom is 0.104 e. The first-order valence-corrected chi connectivity index (χ1v) is 24.1. The van der Waals surface area contributed by atoms with E-state index in [1.807, 2.05) is 0 Å². The number of rotatable bonds is 39. The van der Waals surface area contributed by atoms with Crippen LogP contribution in [0.5, 0.6) is 0 Å². The number of benzene rings is 1. The summed E-state index contributed by atoms with van der Waals surface area (Å²) in [6, 6.07) is 9.84. The van der Waals surface area contributed by atoms with Crippen molar-refractivity contribution in [1.82, 2.24) is 0 Å². The van der Waals surface area contributed by atoms with Crippen molar-refractivity contribution < 1.29 is 64.4 Å². The Labute approximate surface area is 385 Å². The van der Waals surface area contributed by atoms with Gasteiger partial charge < -0.3 is 64.4 Å². The highest BCUT2D eigenvalue weighted by Crippen LogP contribution is 2.19. The Kier molecular flexibility index (Phi) is 43.1. The number of nitrogens with zero attached hydrogens (tertiary/aromatic N) is 3. The molecular weight excluding hydrogens is 882 g/mol. The van der Waals surface area contributed by atoms with Gasteiger partial charge in [-0.05, 0) is 44.1 Å². The minimum absolute atomic E-state index is 0. The van der Waals surface area contributed by atoms with Crippen LogP contribution in [0.4, 0.5) is 0 Å². The Balaban J connectivity index is -0.00000936. The highest BCUT2D eigenvalue weighted by molar-refractivity contribution is 5.22. The molecule has 0 saturated heterocycles. The van der Waals surface area contributed by atoms with Crippen LogP contribution in [-0.2, 0) is 13.0 Å². The normalized spacial score (nSPS) is 11.9. The van der Waals surface area contributed by atoms with Crippen LogP contribution in [0.25, 0.3) is 0 Å². The average Bonchev–Trinajstić information content (AvgIpc) is 3.12. The van der Waals surface area contributed by atoms with E-state index in [1.165, 1.54) is 257 Å². The Bertz CT molecular complexity index is 894. The van der Waals surface area contributed by atoms with E-state index in [2.05, 4.69) is 80.3 Å². The van der Waals surface area contributed by atoms with Gasteiger partial charge in [0.05, 0.1) is 74.5 Å². The second-order valence-electron chi connectivity index (χ2n) is 19.4. The fraction of sp³-hybridized carbons (Fsp3) is 0.880. The third kappa shape index (κ3) is 36.4. The van der Waals surface area contributed by atoms with E-state index in [4.69, 9.17) is 0 Å². The van der Waals surface area contributed by atoms with Gasteiger partial charge in [0.15, 0.2) is 0 Å². The highest BCUT2D eigenvalue weighted by Gasteiger charge is 2.26.